The summed E-state index contributed by atoms with van der Waals surface area (Å²) in [6.45, 7) is 5.93. The minimum Gasteiger partial charge on any atom is -0.469 e. The lowest BCUT2D eigenvalue weighted by molar-refractivity contribution is -0.142. The van der Waals surface area contributed by atoms with Gasteiger partial charge in [0.2, 0.25) is 6.79 Å². The Morgan fingerprint density at radius 1 is 1.22 bits per heavy atom. The van der Waals surface area contributed by atoms with Gasteiger partial charge in [-0.2, -0.15) is 0 Å². The summed E-state index contributed by atoms with van der Waals surface area (Å²) in [6, 6.07) is 0. The van der Waals surface area contributed by atoms with Gasteiger partial charge in [-0.3, -0.25) is 18.6 Å². The Bertz CT molecular complexity index is 586. The molecular weight excluding hydrogens is 383 g/mol. The molecule has 1 aliphatic rings. The Morgan fingerprint density at radius 2 is 1.89 bits per heavy atom. The van der Waals surface area contributed by atoms with Crippen molar-refractivity contribution in [1.82, 2.24) is 0 Å². The maximum absolute atomic E-state index is 12.5. The molecule has 0 radical (unpaired) electrons. The molecule has 0 bridgehead atoms. The van der Waals surface area contributed by atoms with E-state index in [1.807, 2.05) is 0 Å². The van der Waals surface area contributed by atoms with Gasteiger partial charge in [0.15, 0.2) is 5.78 Å². The normalized spacial score (nSPS) is 24.3. The molecule has 1 fully saturated rings. The summed E-state index contributed by atoms with van der Waals surface area (Å²) in [6.07, 6.45) is -2.03. The summed E-state index contributed by atoms with van der Waals surface area (Å²) < 4.78 is 41.8. The molecule has 1 heterocycles. The Morgan fingerprint density at radius 3 is 2.48 bits per heavy atom. The van der Waals surface area contributed by atoms with Gasteiger partial charge < -0.3 is 14.2 Å². The number of esters is 1. The van der Waals surface area contributed by atoms with E-state index in [0.717, 1.165) is 0 Å². The highest BCUT2D eigenvalue weighted by Crippen LogP contribution is 2.57. The van der Waals surface area contributed by atoms with Crippen molar-refractivity contribution in [3.8, 4) is 0 Å². The number of rotatable bonds is 9. The van der Waals surface area contributed by atoms with Gasteiger partial charge in [-0.05, 0) is 20.3 Å². The first-order chi connectivity index (χ1) is 12.5. The van der Waals surface area contributed by atoms with Crippen molar-refractivity contribution in [3.63, 3.8) is 0 Å². The monoisotopic (exact) mass is 410 g/mol. The standard InChI is InChI=1S/C16H27O10P/c1-11(2)25-15(19)22-10-24-27(20)23-9-16(3,4)14(26-27)12(17)7-6-8-13(18)21-5/h11,14H,6-10H2,1-5H3/t14-,27?/m0/s1. The molecule has 1 unspecified atom stereocenters. The van der Waals surface area contributed by atoms with Gasteiger partial charge in [-0.1, -0.05) is 13.8 Å². The second kappa shape index (κ2) is 10.2. The molecule has 1 saturated heterocycles. The van der Waals surface area contributed by atoms with E-state index < -0.39 is 38.3 Å². The van der Waals surface area contributed by atoms with Crippen LogP contribution in [-0.2, 0) is 41.9 Å². The lowest BCUT2D eigenvalue weighted by Crippen LogP contribution is -2.44. The molecule has 0 aromatic heterocycles. The van der Waals surface area contributed by atoms with Crippen LogP contribution in [0.15, 0.2) is 0 Å². The van der Waals surface area contributed by atoms with E-state index in [-0.39, 0.29) is 37.8 Å². The van der Waals surface area contributed by atoms with Crippen LogP contribution in [0.4, 0.5) is 4.79 Å². The first-order valence-corrected chi connectivity index (χ1v) is 9.95. The molecular formula is C16H27O10P. The van der Waals surface area contributed by atoms with E-state index in [4.69, 9.17) is 18.3 Å². The first-order valence-electron chi connectivity index (χ1n) is 8.49. The van der Waals surface area contributed by atoms with E-state index >= 15 is 0 Å². The molecule has 0 aromatic carbocycles. The van der Waals surface area contributed by atoms with E-state index in [2.05, 4.69) is 9.47 Å². The lowest BCUT2D eigenvalue weighted by atomic mass is 9.84. The predicted octanol–water partition coefficient (Wildman–Crippen LogP) is 2.98. The Balaban J connectivity index is 2.59. The maximum Gasteiger partial charge on any atom is 0.510 e. The minimum atomic E-state index is -4.10. The molecule has 10 nitrogen and oxygen atoms in total. The molecule has 11 heteroatoms. The Labute approximate surface area is 158 Å². The highest BCUT2D eigenvalue weighted by molar-refractivity contribution is 7.48. The zero-order valence-electron chi connectivity index (χ0n) is 16.2. The van der Waals surface area contributed by atoms with Crippen LogP contribution in [0, 0.1) is 5.41 Å². The smallest absolute Gasteiger partial charge is 0.469 e. The van der Waals surface area contributed by atoms with Gasteiger partial charge >= 0.3 is 19.9 Å². The van der Waals surface area contributed by atoms with Crippen molar-refractivity contribution in [2.75, 3.05) is 20.5 Å². The topological polar surface area (TPSA) is 124 Å². The van der Waals surface area contributed by atoms with Crippen LogP contribution in [0.5, 0.6) is 0 Å². The molecule has 1 aliphatic heterocycles. The summed E-state index contributed by atoms with van der Waals surface area (Å²) in [5, 5.41) is 0. The minimum absolute atomic E-state index is 0.0421. The van der Waals surface area contributed by atoms with Gasteiger partial charge in [-0.15, -0.1) is 0 Å². The fourth-order valence-electron chi connectivity index (χ4n) is 2.19. The average Bonchev–Trinajstić information content (AvgIpc) is 2.56. The van der Waals surface area contributed by atoms with Crippen molar-refractivity contribution >= 4 is 25.7 Å². The lowest BCUT2D eigenvalue weighted by Gasteiger charge is -2.39. The molecule has 0 N–H and O–H groups in total. The fraction of sp³-hybridized carbons (Fsp3) is 0.812. The number of carbonyl (C=O) groups excluding carboxylic acids is 3. The van der Waals surface area contributed by atoms with Crippen molar-refractivity contribution in [3.05, 3.63) is 0 Å². The predicted molar refractivity (Wildman–Crippen MR) is 91.7 cm³/mol. The average molecular weight is 410 g/mol. The molecule has 0 amide bonds. The van der Waals surface area contributed by atoms with E-state index in [0.29, 0.717) is 0 Å². The van der Waals surface area contributed by atoms with Crippen LogP contribution in [0.25, 0.3) is 0 Å². The zero-order valence-corrected chi connectivity index (χ0v) is 17.1. The highest BCUT2D eigenvalue weighted by atomic mass is 31.2. The fourth-order valence-corrected chi connectivity index (χ4v) is 3.72. The van der Waals surface area contributed by atoms with Crippen LogP contribution < -0.4 is 0 Å². The van der Waals surface area contributed by atoms with Crippen LogP contribution in [-0.4, -0.2) is 50.6 Å². The largest absolute Gasteiger partial charge is 0.510 e. The number of carbonyl (C=O) groups is 3. The summed E-state index contributed by atoms with van der Waals surface area (Å²) in [5.74, 6) is -0.759. The summed E-state index contributed by atoms with van der Waals surface area (Å²) in [7, 11) is -2.83. The molecule has 27 heavy (non-hydrogen) atoms. The zero-order chi connectivity index (χ0) is 20.7. The molecule has 0 spiro atoms. The number of ether oxygens (including phenoxy) is 3. The van der Waals surface area contributed by atoms with E-state index in [9.17, 15) is 18.9 Å². The number of phosphoric acid groups is 1. The van der Waals surface area contributed by atoms with E-state index in [1.54, 1.807) is 27.7 Å². The number of ketones is 1. The quantitative estimate of drug-likeness (QED) is 0.318. The van der Waals surface area contributed by atoms with Gasteiger partial charge in [-0.25, -0.2) is 13.9 Å². The van der Waals surface area contributed by atoms with Gasteiger partial charge in [0.1, 0.15) is 6.10 Å². The van der Waals surface area contributed by atoms with Gasteiger partial charge in [0, 0.05) is 18.3 Å². The van der Waals surface area contributed by atoms with Crippen molar-refractivity contribution in [1.29, 1.82) is 0 Å². The Hall–Kier alpha value is -1.48. The molecule has 0 aliphatic carbocycles. The third-order valence-corrected chi connectivity index (χ3v) is 4.92. The van der Waals surface area contributed by atoms with Gasteiger partial charge in [0.25, 0.3) is 0 Å². The van der Waals surface area contributed by atoms with Crippen LogP contribution >= 0.6 is 7.82 Å². The highest BCUT2D eigenvalue weighted by Gasteiger charge is 2.48. The number of Topliss-reactive ketones (excluding diaryl/α,β-unsaturated/α-hetero) is 1. The Kier molecular flexibility index (Phi) is 8.87. The SMILES string of the molecule is COC(=O)CCCC(=O)[C@@H]1OP(=O)(OCOC(=O)OC(C)C)OCC1(C)C. The van der Waals surface area contributed by atoms with Crippen molar-refractivity contribution in [2.45, 2.75) is 59.2 Å². The second-order valence-electron chi connectivity index (χ2n) is 6.90. The molecule has 0 saturated carbocycles. The van der Waals surface area contributed by atoms with Crippen molar-refractivity contribution in [2.24, 2.45) is 5.41 Å². The van der Waals surface area contributed by atoms with E-state index in [1.165, 1.54) is 7.11 Å². The number of hydrogen-bond donors (Lipinski definition) is 0. The molecule has 1 rings (SSSR count). The molecule has 2 atom stereocenters. The number of phosphoric ester groups is 1. The van der Waals surface area contributed by atoms with Crippen LogP contribution in [0.3, 0.4) is 0 Å². The summed E-state index contributed by atoms with van der Waals surface area (Å²) in [4.78, 5) is 34.9. The van der Waals surface area contributed by atoms with Crippen LogP contribution in [0.1, 0.15) is 47.0 Å². The number of methoxy groups -OCH3 is 1. The van der Waals surface area contributed by atoms with Crippen LogP contribution in [0.2, 0.25) is 0 Å². The maximum atomic E-state index is 12.5. The summed E-state index contributed by atoms with van der Waals surface area (Å²) in [5.41, 5.74) is -0.753. The third kappa shape index (κ3) is 7.96. The molecule has 0 aromatic rings. The van der Waals surface area contributed by atoms with Crippen molar-refractivity contribution < 1.29 is 46.7 Å². The van der Waals surface area contributed by atoms with Gasteiger partial charge in [0.05, 0.1) is 19.8 Å². The molecule has 156 valence electrons. The first kappa shape index (κ1) is 23.6. The second-order valence-corrected chi connectivity index (χ2v) is 8.52. The summed E-state index contributed by atoms with van der Waals surface area (Å²) >= 11 is 0. The number of hydrogen-bond acceptors (Lipinski definition) is 10. The third-order valence-electron chi connectivity index (χ3n) is 3.58.